The van der Waals surface area contributed by atoms with Gasteiger partial charge in [0.05, 0.1) is 5.69 Å². The summed E-state index contributed by atoms with van der Waals surface area (Å²) in [4.78, 5) is 4.24. The molecule has 0 fully saturated rings. The number of sulfonamides is 1. The van der Waals surface area contributed by atoms with E-state index in [9.17, 15) is 8.42 Å². The lowest BCUT2D eigenvalue weighted by atomic mass is 10.2. The van der Waals surface area contributed by atoms with Crippen molar-refractivity contribution in [2.75, 3.05) is 4.72 Å². The van der Waals surface area contributed by atoms with E-state index in [-0.39, 0.29) is 17.5 Å². The Hall–Kier alpha value is -1.45. The Kier molecular flexibility index (Phi) is 4.11. The van der Waals surface area contributed by atoms with Crippen LogP contribution in [0.1, 0.15) is 36.7 Å². The minimum atomic E-state index is -3.77. The molecule has 0 atom stereocenters. The van der Waals surface area contributed by atoms with Gasteiger partial charge in [-0.25, -0.2) is 4.98 Å². The molecule has 0 bridgehead atoms. The highest BCUT2D eigenvalue weighted by Crippen LogP contribution is 2.24. The van der Waals surface area contributed by atoms with Crippen LogP contribution >= 0.6 is 11.3 Å². The van der Waals surface area contributed by atoms with Gasteiger partial charge in [-0.3, -0.25) is 9.82 Å². The van der Waals surface area contributed by atoms with Gasteiger partial charge in [0.1, 0.15) is 0 Å². The molecule has 0 spiro atoms. The second kappa shape index (κ2) is 5.51. The smallest absolute Gasteiger partial charge is 0.283 e. The summed E-state index contributed by atoms with van der Waals surface area (Å²) in [6.45, 7) is 5.83. The number of aromatic amines is 1. The molecule has 0 radical (unpaired) electrons. The normalized spacial score (nSPS) is 12.1. The third-order valence-corrected chi connectivity index (χ3v) is 5.04. The molecule has 0 aliphatic rings. The Bertz CT molecular complexity index is 702. The first-order valence-corrected chi connectivity index (χ1v) is 8.43. The average molecular weight is 315 g/mol. The van der Waals surface area contributed by atoms with E-state index in [1.807, 2.05) is 19.2 Å². The predicted molar refractivity (Wildman–Crippen MR) is 78.2 cm³/mol. The lowest BCUT2D eigenvalue weighted by Crippen LogP contribution is -2.16. The molecular formula is C11H17N5O2S2. The van der Waals surface area contributed by atoms with Crippen molar-refractivity contribution >= 4 is 26.5 Å². The Labute approximate surface area is 121 Å². The molecule has 20 heavy (non-hydrogen) atoms. The zero-order chi connectivity index (χ0) is 14.9. The summed E-state index contributed by atoms with van der Waals surface area (Å²) in [7, 11) is -3.77. The van der Waals surface area contributed by atoms with Crippen molar-refractivity contribution in [3.8, 4) is 0 Å². The van der Waals surface area contributed by atoms with Crippen molar-refractivity contribution < 1.29 is 8.42 Å². The van der Waals surface area contributed by atoms with Crippen LogP contribution in [0.25, 0.3) is 0 Å². The van der Waals surface area contributed by atoms with E-state index in [1.165, 1.54) is 11.3 Å². The molecule has 0 saturated heterocycles. The molecule has 7 nitrogen and oxygen atoms in total. The molecule has 0 unspecified atom stereocenters. The zero-order valence-electron chi connectivity index (χ0n) is 11.5. The molecule has 0 amide bonds. The van der Waals surface area contributed by atoms with Crippen LogP contribution in [0.3, 0.4) is 0 Å². The van der Waals surface area contributed by atoms with Crippen molar-refractivity contribution in [2.45, 2.75) is 38.3 Å². The van der Waals surface area contributed by atoms with Crippen molar-refractivity contribution in [3.05, 3.63) is 22.3 Å². The van der Waals surface area contributed by atoms with Crippen molar-refractivity contribution in [2.24, 2.45) is 5.73 Å². The van der Waals surface area contributed by atoms with Crippen molar-refractivity contribution in [1.82, 2.24) is 15.2 Å². The fourth-order valence-corrected chi connectivity index (χ4v) is 3.99. The Morgan fingerprint density at radius 1 is 1.50 bits per heavy atom. The van der Waals surface area contributed by atoms with Gasteiger partial charge in [0.25, 0.3) is 10.0 Å². The highest BCUT2D eigenvalue weighted by Gasteiger charge is 2.24. The minimum absolute atomic E-state index is 0.0706. The number of anilines is 1. The van der Waals surface area contributed by atoms with Crippen LogP contribution in [0.4, 0.5) is 5.13 Å². The van der Waals surface area contributed by atoms with Crippen LogP contribution in [-0.2, 0) is 16.6 Å². The first kappa shape index (κ1) is 14.9. The highest BCUT2D eigenvalue weighted by atomic mass is 32.2. The minimum Gasteiger partial charge on any atom is -0.326 e. The van der Waals surface area contributed by atoms with Crippen LogP contribution < -0.4 is 10.5 Å². The first-order valence-electron chi connectivity index (χ1n) is 6.07. The van der Waals surface area contributed by atoms with E-state index in [2.05, 4.69) is 19.9 Å². The van der Waals surface area contributed by atoms with Crippen LogP contribution in [-0.4, -0.2) is 23.6 Å². The van der Waals surface area contributed by atoms with Crippen LogP contribution in [0.5, 0.6) is 0 Å². The van der Waals surface area contributed by atoms with E-state index in [0.717, 1.165) is 5.69 Å². The van der Waals surface area contributed by atoms with Gasteiger partial charge in [0, 0.05) is 23.2 Å². The number of hydrogen-bond acceptors (Lipinski definition) is 6. The maximum absolute atomic E-state index is 12.3. The van der Waals surface area contributed by atoms with Gasteiger partial charge < -0.3 is 5.73 Å². The lowest BCUT2D eigenvalue weighted by molar-refractivity contribution is 0.595. The first-order chi connectivity index (χ1) is 9.35. The van der Waals surface area contributed by atoms with Crippen LogP contribution in [0, 0.1) is 6.92 Å². The van der Waals surface area contributed by atoms with E-state index < -0.39 is 10.0 Å². The predicted octanol–water partition coefficient (Wildman–Crippen LogP) is 1.56. The largest absolute Gasteiger partial charge is 0.326 e. The van der Waals surface area contributed by atoms with E-state index in [1.54, 1.807) is 6.92 Å². The molecule has 110 valence electrons. The van der Waals surface area contributed by atoms with Gasteiger partial charge in [-0.15, -0.1) is 11.3 Å². The van der Waals surface area contributed by atoms with Gasteiger partial charge in [-0.1, -0.05) is 13.8 Å². The molecule has 2 rings (SSSR count). The van der Waals surface area contributed by atoms with Gasteiger partial charge in [-0.2, -0.15) is 13.5 Å². The van der Waals surface area contributed by atoms with E-state index in [0.29, 0.717) is 16.4 Å². The number of hydrogen-bond donors (Lipinski definition) is 3. The number of nitrogens with zero attached hydrogens (tertiary/aromatic N) is 2. The third kappa shape index (κ3) is 2.84. The summed E-state index contributed by atoms with van der Waals surface area (Å²) < 4.78 is 27.0. The fourth-order valence-electron chi connectivity index (χ4n) is 1.65. The number of nitrogens with one attached hydrogen (secondary N) is 2. The van der Waals surface area contributed by atoms with Crippen molar-refractivity contribution in [3.63, 3.8) is 0 Å². The van der Waals surface area contributed by atoms with Gasteiger partial charge >= 0.3 is 0 Å². The molecule has 0 saturated carbocycles. The standard InChI is InChI=1S/C11H17N5O2S2/c1-6(2)9-5-19-11(13-9)16-20(17,18)10-8(4-12)7(3)14-15-10/h5-6H,4,12H2,1-3H3,(H,13,16)(H,14,15). The lowest BCUT2D eigenvalue weighted by Gasteiger charge is -2.04. The monoisotopic (exact) mass is 315 g/mol. The van der Waals surface area contributed by atoms with E-state index in [4.69, 9.17) is 5.73 Å². The topological polar surface area (TPSA) is 114 Å². The summed E-state index contributed by atoms with van der Waals surface area (Å²) in [6, 6.07) is 0. The number of H-pyrrole nitrogens is 1. The van der Waals surface area contributed by atoms with Gasteiger partial charge in [0.2, 0.25) is 5.03 Å². The van der Waals surface area contributed by atoms with E-state index >= 15 is 0 Å². The van der Waals surface area contributed by atoms with Gasteiger partial charge in [0.15, 0.2) is 5.13 Å². The Morgan fingerprint density at radius 3 is 2.75 bits per heavy atom. The molecule has 4 N–H and O–H groups in total. The summed E-state index contributed by atoms with van der Waals surface area (Å²) in [5.41, 5.74) is 7.55. The number of aromatic nitrogens is 3. The molecule has 9 heteroatoms. The Balaban J connectivity index is 2.30. The molecule has 2 heterocycles. The molecular weight excluding hydrogens is 298 g/mol. The summed E-state index contributed by atoms with van der Waals surface area (Å²) in [6.07, 6.45) is 0. The molecule has 0 aliphatic carbocycles. The quantitative estimate of drug-likeness (QED) is 0.774. The maximum atomic E-state index is 12.3. The summed E-state index contributed by atoms with van der Waals surface area (Å²) in [5, 5.41) is 8.55. The summed E-state index contributed by atoms with van der Waals surface area (Å²) >= 11 is 1.25. The second-order valence-electron chi connectivity index (χ2n) is 4.67. The number of nitrogens with two attached hydrogens (primary N) is 1. The van der Waals surface area contributed by atoms with Crippen LogP contribution in [0.2, 0.25) is 0 Å². The molecule has 0 aliphatic heterocycles. The number of rotatable bonds is 5. The third-order valence-electron chi connectivity index (χ3n) is 2.83. The highest BCUT2D eigenvalue weighted by molar-refractivity contribution is 7.92. The molecule has 2 aromatic heterocycles. The number of aryl methyl sites for hydroxylation is 1. The van der Waals surface area contributed by atoms with Crippen molar-refractivity contribution in [1.29, 1.82) is 0 Å². The fraction of sp³-hybridized carbons (Fsp3) is 0.455. The SMILES string of the molecule is Cc1[nH]nc(S(=O)(=O)Nc2nc(C(C)C)cs2)c1CN. The second-order valence-corrected chi connectivity index (χ2v) is 7.13. The zero-order valence-corrected chi connectivity index (χ0v) is 13.1. The molecule has 2 aromatic rings. The molecule has 0 aromatic carbocycles. The van der Waals surface area contributed by atoms with Crippen LogP contribution in [0.15, 0.2) is 10.4 Å². The van der Waals surface area contributed by atoms with Gasteiger partial charge in [-0.05, 0) is 12.8 Å². The maximum Gasteiger partial charge on any atom is 0.283 e. The average Bonchev–Trinajstić information content (AvgIpc) is 2.95. The summed E-state index contributed by atoms with van der Waals surface area (Å²) in [5.74, 6) is 0.247. The Morgan fingerprint density at radius 2 is 2.20 bits per heavy atom. The number of thiazole rings is 1.